The molecule has 0 radical (unpaired) electrons. The highest BCUT2D eigenvalue weighted by Gasteiger charge is 2.01. The molecule has 146 valence electrons. The molecule has 0 unspecified atom stereocenters. The summed E-state index contributed by atoms with van der Waals surface area (Å²) in [5, 5.41) is 0. The monoisotopic (exact) mass is 362 g/mol. The Kier molecular flexibility index (Phi) is 14.3. The van der Waals surface area contributed by atoms with Crippen molar-refractivity contribution in [1.29, 1.82) is 0 Å². The van der Waals surface area contributed by atoms with Crippen LogP contribution in [0.5, 0.6) is 0 Å². The van der Waals surface area contributed by atoms with E-state index in [0.29, 0.717) is 13.2 Å². The van der Waals surface area contributed by atoms with E-state index in [1.807, 2.05) is 0 Å². The Balaban J connectivity index is 2.27. The van der Waals surface area contributed by atoms with Gasteiger partial charge in [-0.1, -0.05) is 51.4 Å². The van der Waals surface area contributed by atoms with E-state index in [1.165, 1.54) is 38.5 Å². The van der Waals surface area contributed by atoms with E-state index in [9.17, 15) is 9.59 Å². The minimum Gasteiger partial charge on any atom is -0.463 e. The Morgan fingerprint density at radius 1 is 0.538 bits per heavy atom. The zero-order valence-electron chi connectivity index (χ0n) is 16.1. The van der Waals surface area contributed by atoms with Crippen molar-refractivity contribution in [2.45, 2.75) is 89.9 Å². The Labute approximate surface area is 158 Å². The zero-order chi connectivity index (χ0) is 18.7. The fourth-order valence-electron chi connectivity index (χ4n) is 2.80. The summed E-state index contributed by atoms with van der Waals surface area (Å²) in [4.78, 5) is 23.0. The topological polar surface area (TPSA) is 52.6 Å². The van der Waals surface area contributed by atoms with Gasteiger partial charge in [0.2, 0.25) is 0 Å². The molecule has 1 aliphatic heterocycles. The lowest BCUT2D eigenvalue weighted by Crippen LogP contribution is -2.06. The van der Waals surface area contributed by atoms with E-state index < -0.39 is 11.9 Å². The van der Waals surface area contributed by atoms with Gasteiger partial charge in [-0.2, -0.15) is 0 Å². The number of carbonyl (C=O) groups excluding carboxylic acids is 2. The van der Waals surface area contributed by atoms with E-state index in [4.69, 9.17) is 9.47 Å². The van der Waals surface area contributed by atoms with Crippen molar-refractivity contribution in [2.24, 2.45) is 0 Å². The minimum atomic E-state index is -0.477. The molecule has 0 saturated carbocycles. The maximum atomic E-state index is 11.5. The Hall–Kier alpha value is -1.76. The lowest BCUT2D eigenvalue weighted by Gasteiger charge is -2.03. The maximum Gasteiger partial charge on any atom is 0.331 e. The molecule has 0 saturated heterocycles. The fraction of sp³-hybridized carbons (Fsp3) is 0.727. The molecule has 4 heteroatoms. The first-order chi connectivity index (χ1) is 12.8. The largest absolute Gasteiger partial charge is 0.463 e. The van der Waals surface area contributed by atoms with Crippen molar-refractivity contribution in [3.8, 4) is 11.8 Å². The van der Waals surface area contributed by atoms with Crippen LogP contribution in [0.15, 0.2) is 12.2 Å². The van der Waals surface area contributed by atoms with Gasteiger partial charge in [-0.05, 0) is 25.7 Å². The smallest absolute Gasteiger partial charge is 0.331 e. The number of rotatable bonds is 0. The van der Waals surface area contributed by atoms with E-state index in [-0.39, 0.29) is 0 Å². The molecule has 1 heterocycles. The standard InChI is InChI=1S/C22H34O4/c23-21-17-18-22(24)26-20-16-14-12-10-8-6-4-2-1-3-5-7-9-11-13-15-19-25-21/h17-18H,3-16,19-20H2/b18-17-. The predicted molar refractivity (Wildman–Crippen MR) is 103 cm³/mol. The van der Waals surface area contributed by atoms with Crippen molar-refractivity contribution < 1.29 is 19.1 Å². The highest BCUT2D eigenvalue weighted by atomic mass is 16.5. The van der Waals surface area contributed by atoms with Crippen molar-refractivity contribution in [3.05, 3.63) is 12.2 Å². The van der Waals surface area contributed by atoms with Gasteiger partial charge in [-0.25, -0.2) is 9.59 Å². The number of hydrogen-bond acceptors (Lipinski definition) is 4. The fourth-order valence-corrected chi connectivity index (χ4v) is 2.80. The molecule has 0 atom stereocenters. The lowest BCUT2D eigenvalue weighted by atomic mass is 10.1. The number of hydrogen-bond donors (Lipinski definition) is 0. The average Bonchev–Trinajstić information content (AvgIpc) is 2.64. The zero-order valence-corrected chi connectivity index (χ0v) is 16.1. The number of esters is 2. The van der Waals surface area contributed by atoms with E-state index in [2.05, 4.69) is 11.8 Å². The molecule has 1 rings (SSSR count). The molecular formula is C22H34O4. The molecule has 0 bridgehead atoms. The number of carbonyl (C=O) groups is 2. The quantitative estimate of drug-likeness (QED) is 0.444. The number of ether oxygens (including phenoxy) is 2. The van der Waals surface area contributed by atoms with E-state index >= 15 is 0 Å². The lowest BCUT2D eigenvalue weighted by molar-refractivity contribution is -0.140. The van der Waals surface area contributed by atoms with Crippen LogP contribution in [-0.4, -0.2) is 25.2 Å². The van der Waals surface area contributed by atoms with Crippen LogP contribution in [0.25, 0.3) is 0 Å². The van der Waals surface area contributed by atoms with Crippen LogP contribution < -0.4 is 0 Å². The third kappa shape index (κ3) is 14.6. The third-order valence-electron chi connectivity index (χ3n) is 4.36. The molecule has 26 heavy (non-hydrogen) atoms. The van der Waals surface area contributed by atoms with Crippen molar-refractivity contribution in [2.75, 3.05) is 13.2 Å². The summed E-state index contributed by atoms with van der Waals surface area (Å²) in [5.41, 5.74) is 0. The maximum absolute atomic E-state index is 11.5. The summed E-state index contributed by atoms with van der Waals surface area (Å²) in [6, 6.07) is 0. The van der Waals surface area contributed by atoms with Gasteiger partial charge in [-0.3, -0.25) is 0 Å². The van der Waals surface area contributed by atoms with Crippen LogP contribution >= 0.6 is 0 Å². The summed E-state index contributed by atoms with van der Waals surface area (Å²) in [5.74, 6) is 5.61. The van der Waals surface area contributed by atoms with Gasteiger partial charge in [0.25, 0.3) is 0 Å². The van der Waals surface area contributed by atoms with Crippen LogP contribution in [0.3, 0.4) is 0 Å². The van der Waals surface area contributed by atoms with Crippen LogP contribution in [0, 0.1) is 11.8 Å². The molecule has 4 nitrogen and oxygen atoms in total. The van der Waals surface area contributed by atoms with Gasteiger partial charge in [0.05, 0.1) is 13.2 Å². The molecular weight excluding hydrogens is 328 g/mol. The summed E-state index contributed by atoms with van der Waals surface area (Å²) in [6.07, 6.45) is 17.7. The highest BCUT2D eigenvalue weighted by Crippen LogP contribution is 2.09. The first kappa shape index (κ1) is 22.3. The van der Waals surface area contributed by atoms with Gasteiger partial charge in [0.1, 0.15) is 0 Å². The normalized spacial score (nSPS) is 22.0. The minimum absolute atomic E-state index is 0.406. The second-order valence-corrected chi connectivity index (χ2v) is 6.76. The SMILES string of the molecule is O=C1/C=C\C(=O)OCCCCCCCCC#CCCCCCCCCO1. The van der Waals surface area contributed by atoms with Crippen molar-refractivity contribution in [1.82, 2.24) is 0 Å². The third-order valence-corrected chi connectivity index (χ3v) is 4.36. The molecule has 0 aromatic rings. The summed E-state index contributed by atoms with van der Waals surface area (Å²) < 4.78 is 10.2. The summed E-state index contributed by atoms with van der Waals surface area (Å²) >= 11 is 0. The Morgan fingerprint density at radius 3 is 1.31 bits per heavy atom. The van der Waals surface area contributed by atoms with Gasteiger partial charge in [0, 0.05) is 25.0 Å². The molecule has 0 aromatic carbocycles. The van der Waals surface area contributed by atoms with Gasteiger partial charge < -0.3 is 9.47 Å². The first-order valence-electron chi connectivity index (χ1n) is 10.3. The average molecular weight is 363 g/mol. The van der Waals surface area contributed by atoms with E-state index in [1.54, 1.807) is 0 Å². The first-order valence-corrected chi connectivity index (χ1v) is 10.3. The second-order valence-electron chi connectivity index (χ2n) is 6.76. The molecule has 0 aromatic heterocycles. The predicted octanol–water partition coefficient (Wildman–Crippen LogP) is 5.11. The van der Waals surface area contributed by atoms with Crippen LogP contribution in [0.1, 0.15) is 89.9 Å². The number of cyclic esters (lactones) is 2. The van der Waals surface area contributed by atoms with Crippen LogP contribution in [-0.2, 0) is 19.1 Å². The molecule has 0 spiro atoms. The van der Waals surface area contributed by atoms with Crippen LogP contribution in [0.4, 0.5) is 0 Å². The molecule has 0 fully saturated rings. The van der Waals surface area contributed by atoms with Gasteiger partial charge in [-0.15, -0.1) is 11.8 Å². The Bertz CT molecular complexity index is 430. The highest BCUT2D eigenvalue weighted by molar-refractivity contribution is 5.91. The van der Waals surface area contributed by atoms with Gasteiger partial charge >= 0.3 is 11.9 Å². The van der Waals surface area contributed by atoms with Crippen LogP contribution in [0.2, 0.25) is 0 Å². The molecule has 0 amide bonds. The summed E-state index contributed by atoms with van der Waals surface area (Å²) in [7, 11) is 0. The van der Waals surface area contributed by atoms with Crippen molar-refractivity contribution >= 4 is 11.9 Å². The second kappa shape index (κ2) is 16.7. The molecule has 1 aliphatic rings. The van der Waals surface area contributed by atoms with E-state index in [0.717, 1.165) is 63.5 Å². The van der Waals surface area contributed by atoms with Crippen molar-refractivity contribution in [3.63, 3.8) is 0 Å². The molecule has 0 aliphatic carbocycles. The Morgan fingerprint density at radius 2 is 0.885 bits per heavy atom. The van der Waals surface area contributed by atoms with Gasteiger partial charge in [0.15, 0.2) is 0 Å². The summed E-state index contributed by atoms with van der Waals surface area (Å²) in [6.45, 7) is 0.813. The molecule has 0 N–H and O–H groups in total.